The van der Waals surface area contributed by atoms with E-state index < -0.39 is 0 Å². The van der Waals surface area contributed by atoms with Gasteiger partial charge in [0.05, 0.1) is 0 Å². The molecule has 1 aromatic rings. The van der Waals surface area contributed by atoms with E-state index in [1.54, 1.807) is 4.90 Å². The second kappa shape index (κ2) is 8.42. The van der Waals surface area contributed by atoms with E-state index in [9.17, 15) is 18.8 Å². The van der Waals surface area contributed by atoms with Crippen molar-refractivity contribution in [3.05, 3.63) is 35.6 Å². The van der Waals surface area contributed by atoms with Gasteiger partial charge in [0.25, 0.3) is 5.91 Å². The minimum Gasteiger partial charge on any atom is -0.355 e. The molecule has 0 spiro atoms. The molecule has 2 rings (SSSR count). The van der Waals surface area contributed by atoms with Gasteiger partial charge in [-0.25, -0.2) is 4.39 Å². The first-order valence-corrected chi connectivity index (χ1v) is 8.04. The Hall–Kier alpha value is -2.44. The van der Waals surface area contributed by atoms with Gasteiger partial charge in [-0.15, -0.1) is 0 Å². The lowest BCUT2D eigenvalue weighted by Crippen LogP contribution is -2.44. The van der Waals surface area contributed by atoms with Crippen molar-refractivity contribution in [2.75, 3.05) is 26.2 Å². The monoisotopic (exact) mass is 335 g/mol. The lowest BCUT2D eigenvalue weighted by atomic mass is 9.95. The van der Waals surface area contributed by atoms with Crippen LogP contribution in [0.4, 0.5) is 4.39 Å². The third-order valence-corrected chi connectivity index (χ3v) is 4.04. The van der Waals surface area contributed by atoms with Gasteiger partial charge < -0.3 is 15.5 Å². The molecule has 3 amide bonds. The number of hydrogen-bond acceptors (Lipinski definition) is 3. The minimum absolute atomic E-state index is 0.0470. The Morgan fingerprint density at radius 3 is 2.25 bits per heavy atom. The summed E-state index contributed by atoms with van der Waals surface area (Å²) in [5, 5.41) is 5.41. The van der Waals surface area contributed by atoms with Crippen LogP contribution in [0.3, 0.4) is 0 Å². The summed E-state index contributed by atoms with van der Waals surface area (Å²) in [6.45, 7) is 3.23. The van der Waals surface area contributed by atoms with Crippen LogP contribution < -0.4 is 10.6 Å². The number of carbonyl (C=O) groups excluding carboxylic acids is 3. The minimum atomic E-state index is -0.374. The van der Waals surface area contributed by atoms with E-state index in [4.69, 9.17) is 0 Å². The molecule has 1 aromatic carbocycles. The molecule has 2 N–H and O–H groups in total. The Bertz CT molecular complexity index is 596. The Morgan fingerprint density at radius 2 is 1.67 bits per heavy atom. The molecule has 0 saturated carbocycles. The molecule has 0 aliphatic carbocycles. The molecule has 6 nitrogen and oxygen atoms in total. The van der Waals surface area contributed by atoms with Gasteiger partial charge in [0.2, 0.25) is 11.8 Å². The van der Waals surface area contributed by atoms with Crippen LogP contribution in [0.2, 0.25) is 0 Å². The predicted octanol–water partition coefficient (Wildman–Crippen LogP) is 0.930. The third-order valence-electron chi connectivity index (χ3n) is 4.04. The topological polar surface area (TPSA) is 78.5 Å². The van der Waals surface area contributed by atoms with E-state index in [1.807, 2.05) is 0 Å². The Labute approximate surface area is 140 Å². The van der Waals surface area contributed by atoms with Gasteiger partial charge >= 0.3 is 0 Å². The fraction of sp³-hybridized carbons (Fsp3) is 0.471. The highest BCUT2D eigenvalue weighted by Crippen LogP contribution is 2.19. The zero-order valence-corrected chi connectivity index (χ0v) is 13.7. The summed E-state index contributed by atoms with van der Waals surface area (Å²) < 4.78 is 12.9. The van der Waals surface area contributed by atoms with Crippen molar-refractivity contribution in [3.63, 3.8) is 0 Å². The molecule has 130 valence electrons. The summed E-state index contributed by atoms with van der Waals surface area (Å²) in [5.41, 5.74) is 0.453. The number of amides is 3. The number of nitrogens with zero attached hydrogens (tertiary/aromatic N) is 1. The van der Waals surface area contributed by atoms with Crippen molar-refractivity contribution in [1.29, 1.82) is 0 Å². The molecular weight excluding hydrogens is 313 g/mol. The maximum atomic E-state index is 12.9. The van der Waals surface area contributed by atoms with Crippen LogP contribution in [0.5, 0.6) is 0 Å². The smallest absolute Gasteiger partial charge is 0.253 e. The van der Waals surface area contributed by atoms with Crippen LogP contribution in [0, 0.1) is 11.7 Å². The fourth-order valence-corrected chi connectivity index (χ4v) is 2.69. The molecule has 7 heteroatoms. The number of piperidine rings is 1. The standard InChI is InChI=1S/C17H22FN3O3/c1-12(22)19-8-9-20-16(23)13-6-10-21(11-7-13)17(24)14-2-4-15(18)5-3-14/h2-5,13H,6-11H2,1H3,(H,19,22)(H,20,23). The summed E-state index contributed by atoms with van der Waals surface area (Å²) >= 11 is 0. The van der Waals surface area contributed by atoms with Crippen molar-refractivity contribution in [2.45, 2.75) is 19.8 Å². The van der Waals surface area contributed by atoms with Gasteiger partial charge in [0.15, 0.2) is 0 Å². The maximum Gasteiger partial charge on any atom is 0.253 e. The number of carbonyl (C=O) groups is 3. The molecule has 0 radical (unpaired) electrons. The van der Waals surface area contributed by atoms with Crippen molar-refractivity contribution < 1.29 is 18.8 Å². The van der Waals surface area contributed by atoms with E-state index in [0.29, 0.717) is 44.6 Å². The zero-order chi connectivity index (χ0) is 17.5. The number of likely N-dealkylation sites (tertiary alicyclic amines) is 1. The van der Waals surface area contributed by atoms with E-state index in [2.05, 4.69) is 10.6 Å². The van der Waals surface area contributed by atoms with E-state index in [0.717, 1.165) is 0 Å². The van der Waals surface area contributed by atoms with Crippen LogP contribution >= 0.6 is 0 Å². The highest BCUT2D eigenvalue weighted by atomic mass is 19.1. The highest BCUT2D eigenvalue weighted by molar-refractivity contribution is 5.94. The van der Waals surface area contributed by atoms with Gasteiger partial charge in [0.1, 0.15) is 5.82 Å². The van der Waals surface area contributed by atoms with E-state index >= 15 is 0 Å². The van der Waals surface area contributed by atoms with Crippen LogP contribution in [-0.4, -0.2) is 48.8 Å². The zero-order valence-electron chi connectivity index (χ0n) is 13.7. The fourth-order valence-electron chi connectivity index (χ4n) is 2.69. The van der Waals surface area contributed by atoms with E-state index in [1.165, 1.54) is 31.2 Å². The molecule has 1 fully saturated rings. The van der Waals surface area contributed by atoms with Gasteiger partial charge in [-0.05, 0) is 37.1 Å². The highest BCUT2D eigenvalue weighted by Gasteiger charge is 2.27. The number of benzene rings is 1. The molecule has 0 bridgehead atoms. The Balaban J connectivity index is 1.76. The lowest BCUT2D eigenvalue weighted by molar-refractivity contribution is -0.126. The summed E-state index contributed by atoms with van der Waals surface area (Å²) in [4.78, 5) is 36.8. The first kappa shape index (κ1) is 17.9. The molecular formula is C17H22FN3O3. The lowest BCUT2D eigenvalue weighted by Gasteiger charge is -2.31. The first-order valence-electron chi connectivity index (χ1n) is 8.04. The van der Waals surface area contributed by atoms with Crippen molar-refractivity contribution >= 4 is 17.7 Å². The van der Waals surface area contributed by atoms with Crippen molar-refractivity contribution in [2.24, 2.45) is 5.92 Å². The summed E-state index contributed by atoms with van der Waals surface area (Å²) in [6, 6.07) is 5.47. The summed E-state index contributed by atoms with van der Waals surface area (Å²) in [7, 11) is 0. The molecule has 1 aliphatic rings. The van der Waals surface area contributed by atoms with Crippen molar-refractivity contribution in [3.8, 4) is 0 Å². The Morgan fingerprint density at radius 1 is 1.08 bits per heavy atom. The number of hydrogen-bond donors (Lipinski definition) is 2. The third kappa shape index (κ3) is 5.04. The maximum absolute atomic E-state index is 12.9. The van der Waals surface area contributed by atoms with Crippen LogP contribution in [-0.2, 0) is 9.59 Å². The average Bonchev–Trinajstić information content (AvgIpc) is 2.58. The summed E-state index contributed by atoms with van der Waals surface area (Å²) in [5.74, 6) is -0.814. The molecule has 0 unspecified atom stereocenters. The molecule has 0 aromatic heterocycles. The molecule has 24 heavy (non-hydrogen) atoms. The largest absolute Gasteiger partial charge is 0.355 e. The first-order chi connectivity index (χ1) is 11.5. The average molecular weight is 335 g/mol. The number of nitrogens with one attached hydrogen (secondary N) is 2. The number of halogens is 1. The van der Waals surface area contributed by atoms with Gasteiger partial charge in [-0.3, -0.25) is 14.4 Å². The second-order valence-corrected chi connectivity index (χ2v) is 5.85. The molecule has 0 atom stereocenters. The quantitative estimate of drug-likeness (QED) is 0.786. The van der Waals surface area contributed by atoms with Gasteiger partial charge in [-0.2, -0.15) is 0 Å². The normalized spacial score (nSPS) is 15.0. The Kier molecular flexibility index (Phi) is 6.28. The number of rotatable bonds is 5. The van der Waals surface area contributed by atoms with Crippen molar-refractivity contribution in [1.82, 2.24) is 15.5 Å². The van der Waals surface area contributed by atoms with Gasteiger partial charge in [0, 0.05) is 44.6 Å². The molecule has 1 saturated heterocycles. The van der Waals surface area contributed by atoms with Crippen LogP contribution in [0.1, 0.15) is 30.1 Å². The van der Waals surface area contributed by atoms with Gasteiger partial charge in [-0.1, -0.05) is 0 Å². The van der Waals surface area contributed by atoms with E-state index in [-0.39, 0.29) is 29.5 Å². The molecule has 1 aliphatic heterocycles. The molecule has 1 heterocycles. The second-order valence-electron chi connectivity index (χ2n) is 5.85. The predicted molar refractivity (Wildman–Crippen MR) is 86.7 cm³/mol. The SMILES string of the molecule is CC(=O)NCCNC(=O)C1CCN(C(=O)c2ccc(F)cc2)CC1. The van der Waals surface area contributed by atoms with Crippen LogP contribution in [0.15, 0.2) is 24.3 Å². The van der Waals surface area contributed by atoms with Crippen LogP contribution in [0.25, 0.3) is 0 Å². The summed E-state index contributed by atoms with van der Waals surface area (Å²) in [6.07, 6.45) is 1.19.